The summed E-state index contributed by atoms with van der Waals surface area (Å²) in [5.74, 6) is 1.39. The van der Waals surface area contributed by atoms with Gasteiger partial charge in [-0.2, -0.15) is 0 Å². The van der Waals surface area contributed by atoms with Crippen LogP contribution in [-0.2, 0) is 6.54 Å². The van der Waals surface area contributed by atoms with Crippen LogP contribution in [0.3, 0.4) is 0 Å². The maximum atomic E-state index is 5.34. The minimum atomic E-state index is 0.532. The highest BCUT2D eigenvalue weighted by atomic mass is 32.1. The SMILES string of the molecule is COc1ccccc1CNC(=S)Nc1ccc(C(C)C)cc1. The minimum absolute atomic E-state index is 0.532. The lowest BCUT2D eigenvalue weighted by molar-refractivity contribution is 0.409. The van der Waals surface area contributed by atoms with E-state index < -0.39 is 0 Å². The Balaban J connectivity index is 1.90. The average molecular weight is 314 g/mol. The van der Waals surface area contributed by atoms with Gasteiger partial charge in [-0.1, -0.05) is 44.2 Å². The number of para-hydroxylation sites is 1. The van der Waals surface area contributed by atoms with Gasteiger partial charge in [-0.3, -0.25) is 0 Å². The van der Waals surface area contributed by atoms with E-state index in [1.54, 1.807) is 7.11 Å². The molecule has 0 unspecified atom stereocenters. The first kappa shape index (κ1) is 16.3. The van der Waals surface area contributed by atoms with Gasteiger partial charge in [0, 0.05) is 17.8 Å². The van der Waals surface area contributed by atoms with Crippen molar-refractivity contribution in [1.29, 1.82) is 0 Å². The van der Waals surface area contributed by atoms with E-state index in [2.05, 4.69) is 36.6 Å². The fourth-order valence-electron chi connectivity index (χ4n) is 2.15. The van der Waals surface area contributed by atoms with E-state index in [4.69, 9.17) is 17.0 Å². The maximum Gasteiger partial charge on any atom is 0.171 e. The number of benzene rings is 2. The van der Waals surface area contributed by atoms with Crippen LogP contribution in [0, 0.1) is 0 Å². The van der Waals surface area contributed by atoms with E-state index in [0.717, 1.165) is 17.0 Å². The Kier molecular flexibility index (Phi) is 5.78. The van der Waals surface area contributed by atoms with E-state index >= 15 is 0 Å². The molecule has 0 fully saturated rings. The first-order valence-electron chi connectivity index (χ1n) is 7.37. The van der Waals surface area contributed by atoms with Gasteiger partial charge in [-0.05, 0) is 41.9 Å². The zero-order valence-electron chi connectivity index (χ0n) is 13.2. The Morgan fingerprint density at radius 3 is 2.41 bits per heavy atom. The molecule has 4 heteroatoms. The van der Waals surface area contributed by atoms with Gasteiger partial charge in [-0.15, -0.1) is 0 Å². The van der Waals surface area contributed by atoms with Gasteiger partial charge in [0.05, 0.1) is 7.11 Å². The molecule has 0 radical (unpaired) electrons. The summed E-state index contributed by atoms with van der Waals surface area (Å²) in [7, 11) is 1.67. The molecule has 0 bridgehead atoms. The van der Waals surface area contributed by atoms with Crippen molar-refractivity contribution in [2.24, 2.45) is 0 Å². The summed E-state index contributed by atoms with van der Waals surface area (Å²) < 4.78 is 5.33. The highest BCUT2D eigenvalue weighted by Gasteiger charge is 2.03. The van der Waals surface area contributed by atoms with Gasteiger partial charge in [-0.25, -0.2) is 0 Å². The molecule has 0 saturated carbocycles. The van der Waals surface area contributed by atoms with Crippen LogP contribution in [0.4, 0.5) is 5.69 Å². The van der Waals surface area contributed by atoms with Crippen LogP contribution in [0.5, 0.6) is 5.75 Å². The number of ether oxygens (including phenoxy) is 1. The molecule has 0 saturated heterocycles. The van der Waals surface area contributed by atoms with Crippen molar-refractivity contribution in [3.63, 3.8) is 0 Å². The second-order valence-corrected chi connectivity index (χ2v) is 5.80. The Morgan fingerprint density at radius 1 is 1.09 bits per heavy atom. The number of thiocarbonyl (C=S) groups is 1. The molecule has 0 spiro atoms. The standard InChI is InChI=1S/C18H22N2OS/c1-13(2)14-8-10-16(11-9-14)20-18(22)19-12-15-6-4-5-7-17(15)21-3/h4-11,13H,12H2,1-3H3,(H2,19,20,22). The van der Waals surface area contributed by atoms with Crippen LogP contribution in [0.15, 0.2) is 48.5 Å². The highest BCUT2D eigenvalue weighted by Crippen LogP contribution is 2.18. The zero-order chi connectivity index (χ0) is 15.9. The van der Waals surface area contributed by atoms with E-state index in [1.165, 1.54) is 5.56 Å². The zero-order valence-corrected chi connectivity index (χ0v) is 14.0. The van der Waals surface area contributed by atoms with Gasteiger partial charge in [0.2, 0.25) is 0 Å². The number of methoxy groups -OCH3 is 1. The highest BCUT2D eigenvalue weighted by molar-refractivity contribution is 7.80. The lowest BCUT2D eigenvalue weighted by atomic mass is 10.0. The molecule has 0 atom stereocenters. The van der Waals surface area contributed by atoms with Crippen molar-refractivity contribution in [3.8, 4) is 5.75 Å². The topological polar surface area (TPSA) is 33.3 Å². The van der Waals surface area contributed by atoms with Gasteiger partial charge in [0.1, 0.15) is 5.75 Å². The number of anilines is 1. The van der Waals surface area contributed by atoms with Crippen molar-refractivity contribution in [2.45, 2.75) is 26.3 Å². The first-order valence-corrected chi connectivity index (χ1v) is 7.77. The summed E-state index contributed by atoms with van der Waals surface area (Å²) in [6.45, 7) is 4.99. The molecule has 0 heterocycles. The fourth-order valence-corrected chi connectivity index (χ4v) is 2.34. The summed E-state index contributed by atoms with van der Waals surface area (Å²) in [6, 6.07) is 16.2. The number of rotatable bonds is 5. The van der Waals surface area contributed by atoms with Crippen LogP contribution in [0.2, 0.25) is 0 Å². The monoisotopic (exact) mass is 314 g/mol. The molecule has 0 amide bonds. The van der Waals surface area contributed by atoms with Crippen LogP contribution in [0.1, 0.15) is 30.9 Å². The third-order valence-electron chi connectivity index (χ3n) is 3.47. The van der Waals surface area contributed by atoms with E-state index in [0.29, 0.717) is 17.6 Å². The third kappa shape index (κ3) is 4.46. The first-order chi connectivity index (χ1) is 10.6. The second-order valence-electron chi connectivity index (χ2n) is 5.40. The Labute approximate surface area is 137 Å². The smallest absolute Gasteiger partial charge is 0.171 e. The molecule has 116 valence electrons. The third-order valence-corrected chi connectivity index (χ3v) is 3.71. The lowest BCUT2D eigenvalue weighted by Gasteiger charge is -2.13. The minimum Gasteiger partial charge on any atom is -0.496 e. The lowest BCUT2D eigenvalue weighted by Crippen LogP contribution is -2.28. The quantitative estimate of drug-likeness (QED) is 0.806. The molecule has 2 aromatic rings. The van der Waals surface area contributed by atoms with Gasteiger partial charge < -0.3 is 15.4 Å². The Bertz CT molecular complexity index is 623. The number of hydrogen-bond donors (Lipinski definition) is 2. The van der Waals surface area contributed by atoms with Gasteiger partial charge in [0.25, 0.3) is 0 Å². The fraction of sp³-hybridized carbons (Fsp3) is 0.278. The molecule has 0 aliphatic rings. The Hall–Kier alpha value is -2.07. The van der Waals surface area contributed by atoms with E-state index in [1.807, 2.05) is 36.4 Å². The average Bonchev–Trinajstić information content (AvgIpc) is 2.53. The number of nitrogens with one attached hydrogen (secondary N) is 2. The van der Waals surface area contributed by atoms with Gasteiger partial charge >= 0.3 is 0 Å². The van der Waals surface area contributed by atoms with Crippen molar-refractivity contribution in [1.82, 2.24) is 5.32 Å². The Morgan fingerprint density at radius 2 is 1.77 bits per heavy atom. The molecule has 3 nitrogen and oxygen atoms in total. The summed E-state index contributed by atoms with van der Waals surface area (Å²) in [6.07, 6.45) is 0. The maximum absolute atomic E-state index is 5.34. The van der Waals surface area contributed by atoms with Crippen molar-refractivity contribution in [3.05, 3.63) is 59.7 Å². The molecule has 2 rings (SSSR count). The van der Waals surface area contributed by atoms with Crippen LogP contribution >= 0.6 is 12.2 Å². The molecule has 2 N–H and O–H groups in total. The molecular weight excluding hydrogens is 292 g/mol. The summed E-state index contributed by atoms with van der Waals surface area (Å²) in [5, 5.41) is 7.00. The van der Waals surface area contributed by atoms with Crippen molar-refractivity contribution in [2.75, 3.05) is 12.4 Å². The summed E-state index contributed by atoms with van der Waals surface area (Å²) in [4.78, 5) is 0. The van der Waals surface area contributed by atoms with Crippen LogP contribution < -0.4 is 15.4 Å². The second kappa shape index (κ2) is 7.80. The summed E-state index contributed by atoms with van der Waals surface area (Å²) >= 11 is 5.34. The molecule has 0 aromatic heterocycles. The van der Waals surface area contributed by atoms with Crippen LogP contribution in [0.25, 0.3) is 0 Å². The molecule has 0 aliphatic carbocycles. The predicted octanol–water partition coefficient (Wildman–Crippen LogP) is 4.31. The molecule has 22 heavy (non-hydrogen) atoms. The predicted molar refractivity (Wildman–Crippen MR) is 96.6 cm³/mol. The van der Waals surface area contributed by atoms with Crippen LogP contribution in [-0.4, -0.2) is 12.2 Å². The largest absolute Gasteiger partial charge is 0.496 e. The van der Waals surface area contributed by atoms with Crippen molar-refractivity contribution < 1.29 is 4.74 Å². The van der Waals surface area contributed by atoms with E-state index in [9.17, 15) is 0 Å². The molecule has 2 aromatic carbocycles. The molecular formula is C18H22N2OS. The number of hydrogen-bond acceptors (Lipinski definition) is 2. The normalized spacial score (nSPS) is 10.4. The van der Waals surface area contributed by atoms with E-state index in [-0.39, 0.29) is 0 Å². The summed E-state index contributed by atoms with van der Waals surface area (Å²) in [5.41, 5.74) is 3.38. The van der Waals surface area contributed by atoms with Crippen molar-refractivity contribution >= 4 is 23.0 Å². The molecule has 0 aliphatic heterocycles. The van der Waals surface area contributed by atoms with Gasteiger partial charge in [0.15, 0.2) is 5.11 Å².